The SMILES string of the molecule is O=C(NCC1CCCC1O)c1cnn(-c2ccccc2F)c1. The van der Waals surface area contributed by atoms with Gasteiger partial charge in [-0.3, -0.25) is 4.79 Å². The van der Waals surface area contributed by atoms with Crippen molar-refractivity contribution < 1.29 is 14.3 Å². The van der Waals surface area contributed by atoms with Gasteiger partial charge >= 0.3 is 0 Å². The molecular formula is C16H18FN3O2. The quantitative estimate of drug-likeness (QED) is 0.906. The fourth-order valence-corrected chi connectivity index (χ4v) is 2.79. The molecule has 2 unspecified atom stereocenters. The lowest BCUT2D eigenvalue weighted by Gasteiger charge is -2.14. The monoisotopic (exact) mass is 303 g/mol. The van der Waals surface area contributed by atoms with Gasteiger partial charge in [0.05, 0.1) is 17.9 Å². The van der Waals surface area contributed by atoms with Gasteiger partial charge in [-0.15, -0.1) is 0 Å². The molecule has 1 heterocycles. The Morgan fingerprint density at radius 3 is 2.95 bits per heavy atom. The smallest absolute Gasteiger partial charge is 0.254 e. The molecule has 5 nitrogen and oxygen atoms in total. The number of aliphatic hydroxyl groups is 1. The van der Waals surface area contributed by atoms with Gasteiger partial charge in [0.1, 0.15) is 11.5 Å². The van der Waals surface area contributed by atoms with E-state index in [1.807, 2.05) is 0 Å². The maximum absolute atomic E-state index is 13.7. The number of aromatic nitrogens is 2. The summed E-state index contributed by atoms with van der Waals surface area (Å²) in [6.45, 7) is 0.449. The van der Waals surface area contributed by atoms with Gasteiger partial charge in [0.2, 0.25) is 0 Å². The van der Waals surface area contributed by atoms with E-state index < -0.39 is 5.82 Å². The Balaban J connectivity index is 1.66. The number of carbonyl (C=O) groups is 1. The summed E-state index contributed by atoms with van der Waals surface area (Å²) < 4.78 is 15.0. The van der Waals surface area contributed by atoms with Crippen LogP contribution >= 0.6 is 0 Å². The molecule has 6 heteroatoms. The van der Waals surface area contributed by atoms with E-state index in [0.29, 0.717) is 17.8 Å². The zero-order chi connectivity index (χ0) is 15.5. The van der Waals surface area contributed by atoms with Gasteiger partial charge in [0.15, 0.2) is 0 Å². The van der Waals surface area contributed by atoms with Crippen LogP contribution in [0.1, 0.15) is 29.6 Å². The summed E-state index contributed by atoms with van der Waals surface area (Å²) >= 11 is 0. The van der Waals surface area contributed by atoms with Gasteiger partial charge < -0.3 is 10.4 Å². The number of aliphatic hydroxyl groups excluding tert-OH is 1. The summed E-state index contributed by atoms with van der Waals surface area (Å²) in [6, 6.07) is 6.25. The van der Waals surface area contributed by atoms with Gasteiger partial charge in [-0.2, -0.15) is 5.10 Å². The Kier molecular flexibility index (Phi) is 4.20. The van der Waals surface area contributed by atoms with Gasteiger partial charge in [0.25, 0.3) is 5.91 Å². The number of amides is 1. The molecule has 1 aliphatic rings. The molecule has 0 spiro atoms. The lowest BCUT2D eigenvalue weighted by Crippen LogP contribution is -2.32. The van der Waals surface area contributed by atoms with E-state index in [9.17, 15) is 14.3 Å². The molecule has 2 atom stereocenters. The van der Waals surface area contributed by atoms with Gasteiger partial charge in [-0.1, -0.05) is 18.6 Å². The van der Waals surface area contributed by atoms with Crippen LogP contribution in [0.2, 0.25) is 0 Å². The second-order valence-corrected chi connectivity index (χ2v) is 5.59. The van der Waals surface area contributed by atoms with Gasteiger partial charge in [-0.25, -0.2) is 9.07 Å². The van der Waals surface area contributed by atoms with Crippen LogP contribution < -0.4 is 5.32 Å². The predicted molar refractivity (Wildman–Crippen MR) is 79.2 cm³/mol. The topological polar surface area (TPSA) is 67.2 Å². The summed E-state index contributed by atoms with van der Waals surface area (Å²) in [7, 11) is 0. The Bertz CT molecular complexity index is 671. The van der Waals surface area contributed by atoms with Crippen molar-refractivity contribution in [1.82, 2.24) is 15.1 Å². The van der Waals surface area contributed by atoms with E-state index >= 15 is 0 Å². The third-order valence-corrected chi connectivity index (χ3v) is 4.09. The molecule has 1 fully saturated rings. The first-order chi connectivity index (χ1) is 10.6. The first-order valence-corrected chi connectivity index (χ1v) is 7.41. The number of hydrogen-bond acceptors (Lipinski definition) is 3. The normalized spacial score (nSPS) is 21.0. The van der Waals surface area contributed by atoms with Crippen molar-refractivity contribution in [3.8, 4) is 5.69 Å². The molecule has 2 aromatic rings. The van der Waals surface area contributed by atoms with Crippen LogP contribution in [0.4, 0.5) is 4.39 Å². The summed E-state index contributed by atoms with van der Waals surface area (Å²) in [5.74, 6) is -0.543. The molecule has 116 valence electrons. The second-order valence-electron chi connectivity index (χ2n) is 5.59. The van der Waals surface area contributed by atoms with Crippen molar-refractivity contribution in [2.45, 2.75) is 25.4 Å². The molecule has 2 N–H and O–H groups in total. The molecule has 0 aliphatic heterocycles. The number of hydrogen-bond donors (Lipinski definition) is 2. The summed E-state index contributed by atoms with van der Waals surface area (Å²) in [6.07, 6.45) is 5.29. The number of benzene rings is 1. The molecule has 1 amide bonds. The van der Waals surface area contributed by atoms with Crippen LogP contribution in [0.15, 0.2) is 36.7 Å². The number of carbonyl (C=O) groups excluding carboxylic acids is 1. The number of halogens is 1. The number of para-hydroxylation sites is 1. The molecule has 0 radical (unpaired) electrons. The first-order valence-electron chi connectivity index (χ1n) is 7.41. The number of nitrogens with zero attached hydrogens (tertiary/aromatic N) is 2. The zero-order valence-corrected chi connectivity index (χ0v) is 12.1. The number of nitrogens with one attached hydrogen (secondary N) is 1. The van der Waals surface area contributed by atoms with Crippen molar-refractivity contribution >= 4 is 5.91 Å². The fraction of sp³-hybridized carbons (Fsp3) is 0.375. The van der Waals surface area contributed by atoms with Crippen molar-refractivity contribution in [2.75, 3.05) is 6.54 Å². The summed E-state index contributed by atoms with van der Waals surface area (Å²) in [5.41, 5.74) is 0.670. The average Bonchev–Trinajstić information content (AvgIpc) is 3.14. The van der Waals surface area contributed by atoms with Crippen LogP contribution in [0.25, 0.3) is 5.69 Å². The highest BCUT2D eigenvalue weighted by Crippen LogP contribution is 2.24. The van der Waals surface area contributed by atoms with Crippen LogP contribution in [-0.4, -0.2) is 33.4 Å². The number of rotatable bonds is 4. The largest absolute Gasteiger partial charge is 0.393 e. The second kappa shape index (κ2) is 6.27. The van der Waals surface area contributed by atoms with Crippen molar-refractivity contribution in [1.29, 1.82) is 0 Å². The Morgan fingerprint density at radius 1 is 1.41 bits per heavy atom. The molecular weight excluding hydrogens is 285 g/mol. The van der Waals surface area contributed by atoms with Gasteiger partial charge in [-0.05, 0) is 25.0 Å². The average molecular weight is 303 g/mol. The molecule has 0 saturated heterocycles. The van der Waals surface area contributed by atoms with Crippen LogP contribution in [0.3, 0.4) is 0 Å². The zero-order valence-electron chi connectivity index (χ0n) is 12.1. The molecule has 0 bridgehead atoms. The Hall–Kier alpha value is -2.21. The third kappa shape index (κ3) is 3.01. The standard InChI is InChI=1S/C16H18FN3O2/c17-13-5-1-2-6-14(13)20-10-12(9-19-20)16(22)18-8-11-4-3-7-15(11)21/h1-2,5-6,9-11,15,21H,3-4,7-8H2,(H,18,22). The molecule has 1 aromatic heterocycles. The third-order valence-electron chi connectivity index (χ3n) is 4.09. The highest BCUT2D eigenvalue weighted by molar-refractivity contribution is 5.93. The van der Waals surface area contributed by atoms with E-state index in [2.05, 4.69) is 10.4 Å². The Morgan fingerprint density at radius 2 is 2.23 bits per heavy atom. The van der Waals surface area contributed by atoms with Crippen LogP contribution in [-0.2, 0) is 0 Å². The van der Waals surface area contributed by atoms with Gasteiger partial charge in [0, 0.05) is 18.7 Å². The van der Waals surface area contributed by atoms with E-state index in [1.165, 1.54) is 23.1 Å². The van der Waals surface area contributed by atoms with Crippen molar-refractivity contribution in [2.24, 2.45) is 5.92 Å². The first kappa shape index (κ1) is 14.7. The maximum Gasteiger partial charge on any atom is 0.254 e. The fourth-order valence-electron chi connectivity index (χ4n) is 2.79. The minimum atomic E-state index is -0.397. The van der Waals surface area contributed by atoms with Crippen LogP contribution in [0.5, 0.6) is 0 Å². The lowest BCUT2D eigenvalue weighted by atomic mass is 10.1. The minimum absolute atomic E-state index is 0.116. The predicted octanol–water partition coefficient (Wildman–Crippen LogP) is 1.90. The lowest BCUT2D eigenvalue weighted by molar-refractivity contribution is 0.0917. The summed E-state index contributed by atoms with van der Waals surface area (Å²) in [5, 5.41) is 16.6. The van der Waals surface area contributed by atoms with E-state index in [-0.39, 0.29) is 17.9 Å². The molecule has 22 heavy (non-hydrogen) atoms. The van der Waals surface area contributed by atoms with Crippen molar-refractivity contribution in [3.05, 3.63) is 48.0 Å². The molecule has 3 rings (SSSR count). The summed E-state index contributed by atoms with van der Waals surface area (Å²) in [4.78, 5) is 12.1. The van der Waals surface area contributed by atoms with Crippen LogP contribution in [0, 0.1) is 11.7 Å². The highest BCUT2D eigenvalue weighted by atomic mass is 19.1. The van der Waals surface area contributed by atoms with E-state index in [4.69, 9.17) is 0 Å². The van der Waals surface area contributed by atoms with E-state index in [0.717, 1.165) is 19.3 Å². The highest BCUT2D eigenvalue weighted by Gasteiger charge is 2.25. The minimum Gasteiger partial charge on any atom is -0.393 e. The molecule has 1 aliphatic carbocycles. The molecule has 1 saturated carbocycles. The Labute approximate surface area is 127 Å². The molecule has 1 aromatic carbocycles. The maximum atomic E-state index is 13.7. The van der Waals surface area contributed by atoms with Crippen molar-refractivity contribution in [3.63, 3.8) is 0 Å². The van der Waals surface area contributed by atoms with E-state index in [1.54, 1.807) is 18.2 Å².